The fourth-order valence-corrected chi connectivity index (χ4v) is 2.83. The van der Waals surface area contributed by atoms with Crippen molar-refractivity contribution in [3.05, 3.63) is 12.2 Å². The lowest BCUT2D eigenvalue weighted by Crippen LogP contribution is -2.38. The van der Waals surface area contributed by atoms with Crippen molar-refractivity contribution in [1.29, 1.82) is 0 Å². The molecule has 4 nitrogen and oxygen atoms in total. The topological polar surface area (TPSA) is 44.8 Å². The molecular formula is C11H22O4Si. The Kier molecular flexibility index (Phi) is 7.28. The van der Waals surface area contributed by atoms with Crippen LogP contribution < -0.4 is 0 Å². The van der Waals surface area contributed by atoms with Crippen LogP contribution in [0.1, 0.15) is 26.7 Å². The van der Waals surface area contributed by atoms with E-state index >= 15 is 0 Å². The van der Waals surface area contributed by atoms with Crippen LogP contribution in [0.25, 0.3) is 0 Å². The Morgan fingerprint density at radius 1 is 1.44 bits per heavy atom. The molecule has 0 aromatic heterocycles. The molecule has 0 heterocycles. The van der Waals surface area contributed by atoms with Crippen molar-refractivity contribution < 1.29 is 18.4 Å². The summed E-state index contributed by atoms with van der Waals surface area (Å²) in [7, 11) is -0.512. The van der Waals surface area contributed by atoms with Gasteiger partial charge in [-0.1, -0.05) is 26.3 Å². The van der Waals surface area contributed by atoms with E-state index in [0.29, 0.717) is 5.57 Å². The van der Waals surface area contributed by atoms with Gasteiger partial charge in [0, 0.05) is 12.7 Å². The van der Waals surface area contributed by atoms with Crippen LogP contribution in [0.2, 0.25) is 12.6 Å². The van der Waals surface area contributed by atoms with Crippen LogP contribution in [0.3, 0.4) is 0 Å². The van der Waals surface area contributed by atoms with Crippen molar-refractivity contribution in [1.82, 2.24) is 0 Å². The highest BCUT2D eigenvalue weighted by molar-refractivity contribution is 6.65. The zero-order valence-electron chi connectivity index (χ0n) is 10.7. The first-order chi connectivity index (χ1) is 7.45. The second-order valence-electron chi connectivity index (χ2n) is 3.92. The van der Waals surface area contributed by atoms with Crippen molar-refractivity contribution in [2.75, 3.05) is 13.9 Å². The first kappa shape index (κ1) is 15.3. The Bertz CT molecular complexity index is 242. The minimum Gasteiger partial charge on any atom is -0.436 e. The summed E-state index contributed by atoms with van der Waals surface area (Å²) < 4.78 is 15.8. The van der Waals surface area contributed by atoms with Gasteiger partial charge in [-0.3, -0.25) is 0 Å². The van der Waals surface area contributed by atoms with Crippen molar-refractivity contribution in [2.45, 2.75) is 39.3 Å². The van der Waals surface area contributed by atoms with E-state index in [1.165, 1.54) is 0 Å². The van der Waals surface area contributed by atoms with Gasteiger partial charge < -0.3 is 13.6 Å². The molecule has 1 atom stereocenters. The van der Waals surface area contributed by atoms with Gasteiger partial charge in [-0.25, -0.2) is 4.79 Å². The van der Waals surface area contributed by atoms with Crippen LogP contribution in [0.15, 0.2) is 12.2 Å². The van der Waals surface area contributed by atoms with Gasteiger partial charge in [-0.2, -0.15) is 0 Å². The van der Waals surface area contributed by atoms with Gasteiger partial charge in [0.05, 0.1) is 0 Å². The Morgan fingerprint density at radius 2 is 2.06 bits per heavy atom. The number of rotatable bonds is 8. The Labute approximate surface area is 98.8 Å². The van der Waals surface area contributed by atoms with Crippen molar-refractivity contribution in [2.24, 2.45) is 0 Å². The number of carbonyl (C=O) groups is 1. The molecule has 0 bridgehead atoms. The predicted octanol–water partition coefficient (Wildman–Crippen LogP) is 2.60. The zero-order valence-corrected chi connectivity index (χ0v) is 11.7. The lowest BCUT2D eigenvalue weighted by molar-refractivity contribution is -0.146. The van der Waals surface area contributed by atoms with Gasteiger partial charge in [-0.15, -0.1) is 0 Å². The number of unbranched alkanes of at least 4 members (excludes halogenated alkanes) is 1. The molecule has 0 amide bonds. The highest BCUT2D eigenvalue weighted by Gasteiger charge is 2.29. The second-order valence-corrected chi connectivity index (χ2v) is 7.38. The Hall–Kier alpha value is -0.653. The van der Waals surface area contributed by atoms with Gasteiger partial charge in [0.15, 0.2) is 6.79 Å². The fourth-order valence-electron chi connectivity index (χ4n) is 1.06. The van der Waals surface area contributed by atoms with Gasteiger partial charge >= 0.3 is 14.5 Å². The molecule has 0 aromatic carbocycles. The largest absolute Gasteiger partial charge is 0.436 e. The molecule has 0 radical (unpaired) electrons. The molecule has 0 saturated heterocycles. The van der Waals surface area contributed by atoms with E-state index in [0.717, 1.165) is 18.9 Å². The lowest BCUT2D eigenvalue weighted by Gasteiger charge is -2.24. The summed E-state index contributed by atoms with van der Waals surface area (Å²) in [6.45, 7) is 9.13. The molecule has 0 spiro atoms. The summed E-state index contributed by atoms with van der Waals surface area (Å²) in [5.41, 5.74) is 0.373. The molecule has 0 aliphatic rings. The maximum Gasteiger partial charge on any atom is 0.337 e. The quantitative estimate of drug-likeness (QED) is 0.286. The summed E-state index contributed by atoms with van der Waals surface area (Å²) in [4.78, 5) is 11.1. The van der Waals surface area contributed by atoms with Crippen LogP contribution >= 0.6 is 0 Å². The Balaban J connectivity index is 3.94. The van der Waals surface area contributed by atoms with Gasteiger partial charge in [0.2, 0.25) is 0 Å². The molecule has 1 unspecified atom stereocenters. The third kappa shape index (κ3) is 6.04. The molecule has 0 rings (SSSR count). The maximum atomic E-state index is 11.1. The van der Waals surface area contributed by atoms with Crippen LogP contribution in [-0.2, 0) is 18.4 Å². The van der Waals surface area contributed by atoms with Gasteiger partial charge in [0.1, 0.15) is 0 Å². The van der Waals surface area contributed by atoms with E-state index in [1.54, 1.807) is 14.0 Å². The first-order valence-electron chi connectivity index (χ1n) is 5.47. The molecule has 0 aliphatic heterocycles. The summed E-state index contributed by atoms with van der Waals surface area (Å²) >= 11 is 0. The minimum atomic E-state index is -2.15. The molecule has 0 saturated carbocycles. The second kappa shape index (κ2) is 7.59. The van der Waals surface area contributed by atoms with Crippen molar-refractivity contribution in [3.8, 4) is 0 Å². The minimum absolute atomic E-state index is 0.0496. The summed E-state index contributed by atoms with van der Waals surface area (Å²) in [5.74, 6) is -0.428. The average molecular weight is 246 g/mol. The predicted molar refractivity (Wildman–Crippen MR) is 65.2 cm³/mol. The van der Waals surface area contributed by atoms with E-state index in [9.17, 15) is 4.79 Å². The van der Waals surface area contributed by atoms with Crippen LogP contribution in [-0.4, -0.2) is 28.4 Å². The van der Waals surface area contributed by atoms with Crippen LogP contribution in [0.4, 0.5) is 0 Å². The third-order valence-electron chi connectivity index (χ3n) is 2.32. The molecular weight excluding hydrogens is 224 g/mol. The molecule has 0 aliphatic carbocycles. The SMILES string of the molecule is C=C(C)C(=O)OCO[Si](C)(CCCC)OC. The summed E-state index contributed by atoms with van der Waals surface area (Å²) in [5, 5.41) is 0. The van der Waals surface area contributed by atoms with E-state index in [2.05, 4.69) is 13.5 Å². The molecule has 5 heteroatoms. The number of hydrogen-bond acceptors (Lipinski definition) is 4. The summed E-state index contributed by atoms with van der Waals surface area (Å²) in [6, 6.07) is 0.907. The number of hydrogen-bond donors (Lipinski definition) is 0. The van der Waals surface area contributed by atoms with E-state index < -0.39 is 14.5 Å². The maximum absolute atomic E-state index is 11.1. The van der Waals surface area contributed by atoms with Crippen molar-refractivity contribution >= 4 is 14.5 Å². The normalized spacial score (nSPS) is 14.2. The number of esters is 1. The molecule has 0 aromatic rings. The van der Waals surface area contributed by atoms with E-state index in [-0.39, 0.29) is 6.79 Å². The fraction of sp³-hybridized carbons (Fsp3) is 0.727. The number of ether oxygens (including phenoxy) is 1. The van der Waals surface area contributed by atoms with Gasteiger partial charge in [-0.05, 0) is 19.5 Å². The monoisotopic (exact) mass is 246 g/mol. The third-order valence-corrected chi connectivity index (χ3v) is 5.17. The van der Waals surface area contributed by atoms with Gasteiger partial charge in [0.25, 0.3) is 0 Å². The molecule has 0 N–H and O–H groups in total. The van der Waals surface area contributed by atoms with Crippen LogP contribution in [0, 0.1) is 0 Å². The lowest BCUT2D eigenvalue weighted by atomic mass is 10.4. The Morgan fingerprint density at radius 3 is 2.50 bits per heavy atom. The molecule has 0 fully saturated rings. The van der Waals surface area contributed by atoms with E-state index in [1.807, 2.05) is 6.55 Å². The standard InChI is InChI=1S/C11H22O4Si/c1-6-7-8-16(5,13-4)15-9-14-11(12)10(2)3/h2,6-9H2,1,3-5H3. The highest BCUT2D eigenvalue weighted by Crippen LogP contribution is 2.16. The first-order valence-corrected chi connectivity index (χ1v) is 7.99. The highest BCUT2D eigenvalue weighted by atomic mass is 28.4. The van der Waals surface area contributed by atoms with E-state index in [4.69, 9.17) is 13.6 Å². The zero-order chi connectivity index (χ0) is 12.6. The molecule has 16 heavy (non-hydrogen) atoms. The number of carbonyl (C=O) groups excluding carboxylic acids is 1. The molecule has 94 valence electrons. The van der Waals surface area contributed by atoms with Crippen molar-refractivity contribution in [3.63, 3.8) is 0 Å². The smallest absolute Gasteiger partial charge is 0.337 e. The average Bonchev–Trinajstić information content (AvgIpc) is 2.26. The van der Waals surface area contributed by atoms with Crippen LogP contribution in [0.5, 0.6) is 0 Å². The summed E-state index contributed by atoms with van der Waals surface area (Å²) in [6.07, 6.45) is 2.16.